The zero-order valence-corrected chi connectivity index (χ0v) is 11.0. The predicted molar refractivity (Wildman–Crippen MR) is 72.1 cm³/mol. The molecular weight excluding hydrogens is 226 g/mol. The fourth-order valence-corrected chi connectivity index (χ4v) is 2.18. The topological polar surface area (TPSA) is 58.4 Å². The maximum Gasteiger partial charge on any atom is 0.318 e. The van der Waals surface area contributed by atoms with Crippen LogP contribution >= 0.6 is 0 Å². The monoisotopic (exact) mass is 247 g/mol. The van der Waals surface area contributed by atoms with Crippen LogP contribution < -0.4 is 11.1 Å². The summed E-state index contributed by atoms with van der Waals surface area (Å²) in [6.45, 7) is 6.14. The molecule has 0 radical (unpaired) electrons. The van der Waals surface area contributed by atoms with Gasteiger partial charge in [-0.3, -0.25) is 0 Å². The van der Waals surface area contributed by atoms with E-state index in [9.17, 15) is 4.79 Å². The second kappa shape index (κ2) is 4.98. The number of amides is 2. The van der Waals surface area contributed by atoms with E-state index in [1.807, 2.05) is 35.2 Å². The second-order valence-corrected chi connectivity index (χ2v) is 5.66. The van der Waals surface area contributed by atoms with Gasteiger partial charge >= 0.3 is 6.03 Å². The Morgan fingerprint density at radius 3 is 2.67 bits per heavy atom. The van der Waals surface area contributed by atoms with Crippen molar-refractivity contribution in [3.05, 3.63) is 35.9 Å². The lowest BCUT2D eigenvalue weighted by molar-refractivity contribution is 0.191. The number of rotatable bonds is 4. The van der Waals surface area contributed by atoms with Crippen LogP contribution in [0.2, 0.25) is 0 Å². The number of hydrogen-bond acceptors (Lipinski definition) is 2. The van der Waals surface area contributed by atoms with Crippen LogP contribution in [0.25, 0.3) is 0 Å². The van der Waals surface area contributed by atoms with Gasteiger partial charge in [0.05, 0.1) is 6.04 Å². The highest BCUT2D eigenvalue weighted by Gasteiger charge is 2.32. The molecule has 98 valence electrons. The van der Waals surface area contributed by atoms with E-state index in [0.717, 1.165) is 5.56 Å². The molecular formula is C14H21N3O. The molecule has 18 heavy (non-hydrogen) atoms. The van der Waals surface area contributed by atoms with Crippen LogP contribution in [0.15, 0.2) is 30.3 Å². The molecule has 4 heteroatoms. The Morgan fingerprint density at radius 2 is 2.06 bits per heavy atom. The van der Waals surface area contributed by atoms with Crippen LogP contribution in [0.1, 0.15) is 25.5 Å². The van der Waals surface area contributed by atoms with Gasteiger partial charge in [-0.1, -0.05) is 44.2 Å². The number of hydrogen-bond donors (Lipinski definition) is 2. The van der Waals surface area contributed by atoms with Crippen LogP contribution in [-0.4, -0.2) is 30.6 Å². The molecule has 0 saturated carbocycles. The smallest absolute Gasteiger partial charge is 0.318 e. The van der Waals surface area contributed by atoms with Crippen molar-refractivity contribution < 1.29 is 4.79 Å². The fraction of sp³-hybridized carbons (Fsp3) is 0.500. The summed E-state index contributed by atoms with van der Waals surface area (Å²) >= 11 is 0. The Balaban J connectivity index is 2.04. The zero-order chi connectivity index (χ0) is 13.2. The average Bonchev–Trinajstić information content (AvgIpc) is 2.72. The van der Waals surface area contributed by atoms with Crippen molar-refractivity contribution in [1.29, 1.82) is 0 Å². The van der Waals surface area contributed by atoms with E-state index in [4.69, 9.17) is 5.73 Å². The van der Waals surface area contributed by atoms with Crippen molar-refractivity contribution in [1.82, 2.24) is 10.2 Å². The minimum Gasteiger partial charge on any atom is -0.330 e. The van der Waals surface area contributed by atoms with E-state index in [1.54, 1.807) is 0 Å². The maximum absolute atomic E-state index is 11.9. The standard InChI is InChI=1S/C14H21N3O/c1-14(2,9-15)10-17-8-12(16-13(17)18)11-6-4-3-5-7-11/h3-7,12H,8-10,15H2,1-2H3,(H,16,18). The minimum absolute atomic E-state index is 0.00498. The van der Waals surface area contributed by atoms with Gasteiger partial charge in [0.1, 0.15) is 0 Å². The number of nitrogens with two attached hydrogens (primary N) is 1. The third kappa shape index (κ3) is 2.82. The summed E-state index contributed by atoms with van der Waals surface area (Å²) in [4.78, 5) is 13.8. The van der Waals surface area contributed by atoms with Crippen molar-refractivity contribution >= 4 is 6.03 Å². The Kier molecular flexibility index (Phi) is 3.57. The molecule has 0 bridgehead atoms. The Labute approximate surface area is 108 Å². The third-order valence-corrected chi connectivity index (χ3v) is 3.36. The molecule has 0 aliphatic carbocycles. The van der Waals surface area contributed by atoms with Crippen LogP contribution in [0.4, 0.5) is 4.79 Å². The lowest BCUT2D eigenvalue weighted by Crippen LogP contribution is -2.40. The van der Waals surface area contributed by atoms with Gasteiger partial charge in [-0.2, -0.15) is 0 Å². The lowest BCUT2D eigenvalue weighted by atomic mass is 9.93. The third-order valence-electron chi connectivity index (χ3n) is 3.36. The molecule has 1 saturated heterocycles. The van der Waals surface area contributed by atoms with E-state index in [1.165, 1.54) is 0 Å². The van der Waals surface area contributed by atoms with Crippen molar-refractivity contribution in [3.63, 3.8) is 0 Å². The van der Waals surface area contributed by atoms with E-state index >= 15 is 0 Å². The first kappa shape index (κ1) is 12.9. The minimum atomic E-state index is -0.0388. The highest BCUT2D eigenvalue weighted by Crippen LogP contribution is 2.23. The largest absolute Gasteiger partial charge is 0.330 e. The summed E-state index contributed by atoms with van der Waals surface area (Å²) in [6, 6.07) is 10.2. The summed E-state index contributed by atoms with van der Waals surface area (Å²) in [5.41, 5.74) is 6.83. The molecule has 1 heterocycles. The highest BCUT2D eigenvalue weighted by molar-refractivity contribution is 5.77. The number of carbonyl (C=O) groups is 1. The lowest BCUT2D eigenvalue weighted by Gasteiger charge is -2.28. The average molecular weight is 247 g/mol. The van der Waals surface area contributed by atoms with Gasteiger partial charge in [0.25, 0.3) is 0 Å². The Bertz CT molecular complexity index is 416. The molecule has 1 fully saturated rings. The number of nitrogens with zero attached hydrogens (tertiary/aromatic N) is 1. The molecule has 3 N–H and O–H groups in total. The molecule has 1 atom stereocenters. The maximum atomic E-state index is 11.9. The van der Waals surface area contributed by atoms with Gasteiger partial charge in [0, 0.05) is 13.1 Å². The summed E-state index contributed by atoms with van der Waals surface area (Å²) in [5.74, 6) is 0. The van der Waals surface area contributed by atoms with E-state index in [0.29, 0.717) is 19.6 Å². The summed E-state index contributed by atoms with van der Waals surface area (Å²) in [7, 11) is 0. The Morgan fingerprint density at radius 1 is 1.39 bits per heavy atom. The molecule has 1 unspecified atom stereocenters. The summed E-state index contributed by atoms with van der Waals surface area (Å²) in [5, 5.41) is 3.01. The first-order valence-corrected chi connectivity index (χ1v) is 6.32. The van der Waals surface area contributed by atoms with Gasteiger partial charge in [0.2, 0.25) is 0 Å². The molecule has 1 aliphatic rings. The van der Waals surface area contributed by atoms with Crippen molar-refractivity contribution in [2.75, 3.05) is 19.6 Å². The summed E-state index contributed by atoms with van der Waals surface area (Å²) < 4.78 is 0. The SMILES string of the molecule is CC(C)(CN)CN1CC(c2ccccc2)NC1=O. The van der Waals surface area contributed by atoms with Gasteiger partial charge in [-0.05, 0) is 17.5 Å². The Hall–Kier alpha value is -1.55. The van der Waals surface area contributed by atoms with Gasteiger partial charge in [-0.15, -0.1) is 0 Å². The first-order chi connectivity index (χ1) is 8.52. The zero-order valence-electron chi connectivity index (χ0n) is 11.0. The second-order valence-electron chi connectivity index (χ2n) is 5.66. The number of benzene rings is 1. The van der Waals surface area contributed by atoms with E-state index in [2.05, 4.69) is 19.2 Å². The fourth-order valence-electron chi connectivity index (χ4n) is 2.18. The van der Waals surface area contributed by atoms with Gasteiger partial charge < -0.3 is 16.0 Å². The van der Waals surface area contributed by atoms with Crippen LogP contribution in [0, 0.1) is 5.41 Å². The molecule has 0 aromatic heterocycles. The molecule has 1 aromatic carbocycles. The number of carbonyl (C=O) groups excluding carboxylic acids is 1. The normalized spacial score (nSPS) is 20.1. The molecule has 0 spiro atoms. The summed E-state index contributed by atoms with van der Waals surface area (Å²) in [6.07, 6.45) is 0. The van der Waals surface area contributed by atoms with E-state index < -0.39 is 0 Å². The van der Waals surface area contributed by atoms with Gasteiger partial charge in [-0.25, -0.2) is 4.79 Å². The molecule has 4 nitrogen and oxygen atoms in total. The van der Waals surface area contributed by atoms with E-state index in [-0.39, 0.29) is 17.5 Å². The van der Waals surface area contributed by atoms with Gasteiger partial charge in [0.15, 0.2) is 0 Å². The molecule has 2 amide bonds. The van der Waals surface area contributed by atoms with Crippen LogP contribution in [0.5, 0.6) is 0 Å². The van der Waals surface area contributed by atoms with Crippen LogP contribution in [0.3, 0.4) is 0 Å². The van der Waals surface area contributed by atoms with Crippen molar-refractivity contribution in [2.45, 2.75) is 19.9 Å². The predicted octanol–water partition coefficient (Wildman–Crippen LogP) is 1.74. The quantitative estimate of drug-likeness (QED) is 0.851. The molecule has 1 aliphatic heterocycles. The van der Waals surface area contributed by atoms with Crippen molar-refractivity contribution in [3.8, 4) is 0 Å². The molecule has 1 aromatic rings. The van der Waals surface area contributed by atoms with Crippen LogP contribution in [-0.2, 0) is 0 Å². The first-order valence-electron chi connectivity index (χ1n) is 6.32. The number of nitrogens with one attached hydrogen (secondary N) is 1. The molecule has 2 rings (SSSR count). The van der Waals surface area contributed by atoms with Crippen molar-refractivity contribution in [2.24, 2.45) is 11.1 Å². The number of urea groups is 1. The highest BCUT2D eigenvalue weighted by atomic mass is 16.2.